The Morgan fingerprint density at radius 1 is 1.07 bits per heavy atom. The summed E-state index contributed by atoms with van der Waals surface area (Å²) in [5.74, 6) is -0.288. The van der Waals surface area contributed by atoms with Gasteiger partial charge in [-0.3, -0.25) is 18.7 Å². The summed E-state index contributed by atoms with van der Waals surface area (Å²) < 4.78 is 3.79. The molecule has 1 aromatic carbocycles. The minimum atomic E-state index is -0.693. The monoisotopic (exact) mass is 409 g/mol. The summed E-state index contributed by atoms with van der Waals surface area (Å²) in [4.78, 5) is 41.6. The second-order valence-electron chi connectivity index (χ2n) is 6.78. The topological polar surface area (TPSA) is 90.9 Å². The van der Waals surface area contributed by atoms with E-state index in [-0.39, 0.29) is 17.1 Å². The van der Waals surface area contributed by atoms with Gasteiger partial charge >= 0.3 is 5.69 Å². The zero-order valence-corrected chi connectivity index (χ0v) is 16.9. The Morgan fingerprint density at radius 3 is 2.45 bits per heavy atom. The molecule has 1 amide bonds. The lowest BCUT2D eigenvalue weighted by Crippen LogP contribution is -2.38. The number of nitrogens with zero attached hydrogens (tertiary/aromatic N) is 4. The maximum atomic E-state index is 12.8. The van der Waals surface area contributed by atoms with Crippen LogP contribution >= 0.6 is 11.3 Å². The van der Waals surface area contributed by atoms with E-state index < -0.39 is 17.3 Å². The highest BCUT2D eigenvalue weighted by molar-refractivity contribution is 7.08. The van der Waals surface area contributed by atoms with Crippen LogP contribution in [0.15, 0.2) is 57.0 Å². The summed E-state index contributed by atoms with van der Waals surface area (Å²) in [5, 5.41) is 6.94. The number of aryl methyl sites for hydroxylation is 1. The number of carbonyl (C=O) groups is 1. The van der Waals surface area contributed by atoms with Crippen molar-refractivity contribution in [1.82, 2.24) is 18.7 Å². The molecule has 9 heteroatoms. The lowest BCUT2D eigenvalue weighted by molar-refractivity contribution is -0.118. The molecule has 0 fully saturated rings. The van der Waals surface area contributed by atoms with Gasteiger partial charge in [0.1, 0.15) is 6.04 Å². The Hall–Kier alpha value is -3.46. The summed E-state index contributed by atoms with van der Waals surface area (Å²) in [6.07, 6.45) is 1.41. The van der Waals surface area contributed by atoms with Crippen LogP contribution < -0.4 is 16.6 Å². The molecule has 0 bridgehead atoms. The van der Waals surface area contributed by atoms with Gasteiger partial charge in [-0.1, -0.05) is 12.1 Å². The molecule has 29 heavy (non-hydrogen) atoms. The predicted octanol–water partition coefficient (Wildman–Crippen LogP) is 2.36. The van der Waals surface area contributed by atoms with Crippen LogP contribution in [0.5, 0.6) is 0 Å². The van der Waals surface area contributed by atoms with Gasteiger partial charge in [0.25, 0.3) is 5.56 Å². The molecule has 0 unspecified atom stereocenters. The molecule has 1 atom stereocenters. The number of nitrogens with one attached hydrogen (secondary N) is 1. The van der Waals surface area contributed by atoms with Crippen molar-refractivity contribution in [3.8, 4) is 11.1 Å². The van der Waals surface area contributed by atoms with Gasteiger partial charge in [0, 0.05) is 19.8 Å². The molecule has 4 rings (SSSR count). The minimum absolute atomic E-state index is 0.213. The van der Waals surface area contributed by atoms with E-state index in [1.165, 1.54) is 22.5 Å². The highest BCUT2D eigenvalue weighted by Gasteiger charge is 2.22. The first kappa shape index (κ1) is 18.9. The van der Waals surface area contributed by atoms with Crippen LogP contribution in [-0.4, -0.2) is 24.6 Å². The van der Waals surface area contributed by atoms with Crippen LogP contribution in [0.25, 0.3) is 22.3 Å². The Balaban J connectivity index is 1.62. The predicted molar refractivity (Wildman–Crippen MR) is 113 cm³/mol. The molecule has 3 aromatic heterocycles. The number of amides is 1. The van der Waals surface area contributed by atoms with Crippen LogP contribution in [0.3, 0.4) is 0 Å². The maximum Gasteiger partial charge on any atom is 0.332 e. The standard InChI is InChI=1S/C20H19N5O3S/c1-12(25-11-21-17-16(25)19(27)24(3)20(28)23(17)2)18(26)22-15-6-4-13(5-7-15)14-8-9-29-10-14/h4-12H,1-3H3,(H,22,26)/t12-/m1/s1. The van der Waals surface area contributed by atoms with Gasteiger partial charge in [0.05, 0.1) is 6.33 Å². The number of anilines is 1. The number of imidazole rings is 1. The van der Waals surface area contributed by atoms with Gasteiger partial charge in [-0.25, -0.2) is 9.78 Å². The number of rotatable bonds is 4. The number of benzene rings is 1. The van der Waals surface area contributed by atoms with Crippen LogP contribution in [0.1, 0.15) is 13.0 Å². The Kier molecular flexibility index (Phi) is 4.67. The van der Waals surface area contributed by atoms with Gasteiger partial charge in [0.15, 0.2) is 11.2 Å². The molecule has 148 valence electrons. The van der Waals surface area contributed by atoms with E-state index >= 15 is 0 Å². The molecule has 0 saturated carbocycles. The van der Waals surface area contributed by atoms with E-state index in [0.717, 1.165) is 15.7 Å². The Bertz CT molecular complexity index is 1310. The maximum absolute atomic E-state index is 12.8. The Morgan fingerprint density at radius 2 is 1.79 bits per heavy atom. The fourth-order valence-electron chi connectivity index (χ4n) is 3.21. The molecule has 0 aliphatic heterocycles. The largest absolute Gasteiger partial charge is 0.332 e. The first-order valence-corrected chi connectivity index (χ1v) is 9.89. The zero-order valence-electron chi connectivity index (χ0n) is 16.1. The normalized spacial score (nSPS) is 12.2. The van der Waals surface area contributed by atoms with E-state index in [0.29, 0.717) is 5.69 Å². The highest BCUT2D eigenvalue weighted by atomic mass is 32.1. The number of thiophene rings is 1. The summed E-state index contributed by atoms with van der Waals surface area (Å²) >= 11 is 1.63. The van der Waals surface area contributed by atoms with Gasteiger partial charge < -0.3 is 9.88 Å². The smallest absolute Gasteiger partial charge is 0.324 e. The van der Waals surface area contributed by atoms with Crippen molar-refractivity contribution in [1.29, 1.82) is 0 Å². The van der Waals surface area contributed by atoms with Crippen LogP contribution in [0.4, 0.5) is 5.69 Å². The van der Waals surface area contributed by atoms with Gasteiger partial charge in [-0.05, 0) is 47.0 Å². The summed E-state index contributed by atoms with van der Waals surface area (Å²) in [5.41, 5.74) is 2.37. The molecule has 3 heterocycles. The van der Waals surface area contributed by atoms with E-state index in [2.05, 4.69) is 15.7 Å². The number of hydrogen-bond donors (Lipinski definition) is 1. The molecule has 0 aliphatic rings. The molecular formula is C20H19N5O3S. The quantitative estimate of drug-likeness (QED) is 0.560. The molecule has 0 radical (unpaired) electrons. The molecule has 8 nitrogen and oxygen atoms in total. The third-order valence-electron chi connectivity index (χ3n) is 4.98. The fraction of sp³-hybridized carbons (Fsp3) is 0.200. The highest BCUT2D eigenvalue weighted by Crippen LogP contribution is 2.24. The molecule has 4 aromatic rings. The van der Waals surface area contributed by atoms with E-state index in [4.69, 9.17) is 0 Å². The van der Waals surface area contributed by atoms with E-state index in [1.807, 2.05) is 35.7 Å². The average molecular weight is 409 g/mol. The van der Waals surface area contributed by atoms with Crippen molar-refractivity contribution in [2.75, 3.05) is 5.32 Å². The van der Waals surface area contributed by atoms with Gasteiger partial charge in [0.2, 0.25) is 5.91 Å². The first-order valence-electron chi connectivity index (χ1n) is 8.94. The van der Waals surface area contributed by atoms with Crippen molar-refractivity contribution in [2.45, 2.75) is 13.0 Å². The molecule has 0 spiro atoms. The molecule has 0 saturated heterocycles. The fourth-order valence-corrected chi connectivity index (χ4v) is 3.87. The van der Waals surface area contributed by atoms with Crippen LogP contribution in [-0.2, 0) is 18.9 Å². The molecule has 1 N–H and O–H groups in total. The third kappa shape index (κ3) is 3.19. The van der Waals surface area contributed by atoms with Crippen molar-refractivity contribution in [3.05, 3.63) is 68.3 Å². The Labute approximate surface area is 169 Å². The summed E-state index contributed by atoms with van der Waals surface area (Å²) in [7, 11) is 2.95. The number of carbonyl (C=O) groups excluding carboxylic acids is 1. The first-order chi connectivity index (χ1) is 13.9. The second kappa shape index (κ2) is 7.17. The van der Waals surface area contributed by atoms with Crippen LogP contribution in [0.2, 0.25) is 0 Å². The SMILES string of the molecule is C[C@H](C(=O)Nc1ccc(-c2ccsc2)cc1)n1cnc2c1c(=O)n(C)c(=O)n2C. The van der Waals surface area contributed by atoms with Gasteiger partial charge in [-0.2, -0.15) is 11.3 Å². The van der Waals surface area contributed by atoms with Crippen molar-refractivity contribution >= 4 is 34.1 Å². The summed E-state index contributed by atoms with van der Waals surface area (Å²) in [6, 6.07) is 8.92. The number of fused-ring (bicyclic) bond motifs is 1. The third-order valence-corrected chi connectivity index (χ3v) is 5.66. The lowest BCUT2D eigenvalue weighted by Gasteiger charge is -2.15. The van der Waals surface area contributed by atoms with Crippen molar-refractivity contribution < 1.29 is 4.79 Å². The zero-order chi connectivity index (χ0) is 20.7. The van der Waals surface area contributed by atoms with E-state index in [9.17, 15) is 14.4 Å². The minimum Gasteiger partial charge on any atom is -0.324 e. The van der Waals surface area contributed by atoms with Gasteiger partial charge in [-0.15, -0.1) is 0 Å². The summed E-state index contributed by atoms with van der Waals surface area (Å²) in [6.45, 7) is 1.68. The number of hydrogen-bond acceptors (Lipinski definition) is 5. The van der Waals surface area contributed by atoms with Crippen molar-refractivity contribution in [3.63, 3.8) is 0 Å². The lowest BCUT2D eigenvalue weighted by atomic mass is 10.1. The molecular weight excluding hydrogens is 390 g/mol. The average Bonchev–Trinajstić information content (AvgIpc) is 3.41. The second-order valence-corrected chi connectivity index (χ2v) is 7.56. The van der Waals surface area contributed by atoms with Crippen LogP contribution in [0, 0.1) is 0 Å². The number of aromatic nitrogens is 4. The van der Waals surface area contributed by atoms with Crippen molar-refractivity contribution in [2.24, 2.45) is 14.1 Å². The van der Waals surface area contributed by atoms with E-state index in [1.54, 1.807) is 25.3 Å². The molecule has 0 aliphatic carbocycles.